The lowest BCUT2D eigenvalue weighted by atomic mass is 10.1. The summed E-state index contributed by atoms with van der Waals surface area (Å²) in [6, 6.07) is 18.5. The van der Waals surface area contributed by atoms with Crippen LogP contribution in [0.3, 0.4) is 0 Å². The van der Waals surface area contributed by atoms with Crippen molar-refractivity contribution in [1.82, 2.24) is 0 Å². The fourth-order valence-electron chi connectivity index (χ4n) is 1.81. The molecule has 0 aromatic heterocycles. The van der Waals surface area contributed by atoms with Gasteiger partial charge in [0.05, 0.1) is 6.61 Å². The number of rotatable bonds is 5. The molecular formula is C17H18O. The van der Waals surface area contributed by atoms with Crippen LogP contribution in [-0.2, 0) is 11.3 Å². The third kappa shape index (κ3) is 3.31. The van der Waals surface area contributed by atoms with Crippen molar-refractivity contribution in [2.24, 2.45) is 0 Å². The molecule has 18 heavy (non-hydrogen) atoms. The molecule has 0 amide bonds. The van der Waals surface area contributed by atoms with Gasteiger partial charge in [0.15, 0.2) is 0 Å². The SMILES string of the molecule is C=C[C@@H](OCc1ccc(C)cc1)c1ccccc1. The molecule has 0 saturated heterocycles. The van der Waals surface area contributed by atoms with Crippen molar-refractivity contribution in [2.45, 2.75) is 19.6 Å². The highest BCUT2D eigenvalue weighted by molar-refractivity contribution is 5.22. The van der Waals surface area contributed by atoms with Gasteiger partial charge in [-0.1, -0.05) is 66.2 Å². The second-order valence-corrected chi connectivity index (χ2v) is 4.36. The minimum absolute atomic E-state index is 0.0486. The number of aryl methyl sites for hydroxylation is 1. The van der Waals surface area contributed by atoms with Gasteiger partial charge in [0.1, 0.15) is 6.10 Å². The molecule has 0 aliphatic carbocycles. The van der Waals surface area contributed by atoms with Crippen molar-refractivity contribution < 1.29 is 4.74 Å². The van der Waals surface area contributed by atoms with Gasteiger partial charge in [0, 0.05) is 0 Å². The van der Waals surface area contributed by atoms with E-state index in [4.69, 9.17) is 4.74 Å². The Labute approximate surface area is 109 Å². The summed E-state index contributed by atoms with van der Waals surface area (Å²) in [5.74, 6) is 0. The Kier molecular flexibility index (Phi) is 4.32. The molecule has 0 heterocycles. The van der Waals surface area contributed by atoms with Crippen LogP contribution < -0.4 is 0 Å². The number of ether oxygens (including phenoxy) is 1. The predicted molar refractivity (Wildman–Crippen MR) is 75.3 cm³/mol. The van der Waals surface area contributed by atoms with E-state index in [1.54, 1.807) is 0 Å². The summed E-state index contributed by atoms with van der Waals surface area (Å²) >= 11 is 0. The molecule has 0 unspecified atom stereocenters. The first-order valence-electron chi connectivity index (χ1n) is 6.14. The van der Waals surface area contributed by atoms with E-state index in [0.29, 0.717) is 6.61 Å². The van der Waals surface area contributed by atoms with Crippen molar-refractivity contribution >= 4 is 0 Å². The molecule has 2 rings (SSSR count). The van der Waals surface area contributed by atoms with Gasteiger partial charge < -0.3 is 4.74 Å². The average molecular weight is 238 g/mol. The van der Waals surface area contributed by atoms with E-state index in [2.05, 4.69) is 49.9 Å². The van der Waals surface area contributed by atoms with E-state index in [1.165, 1.54) is 11.1 Å². The fraction of sp³-hybridized carbons (Fsp3) is 0.176. The standard InChI is InChI=1S/C17H18O/c1-3-17(16-7-5-4-6-8-16)18-13-15-11-9-14(2)10-12-15/h3-12,17H,1,13H2,2H3/t17-/m1/s1. The van der Waals surface area contributed by atoms with Crippen LogP contribution in [0.1, 0.15) is 22.8 Å². The summed E-state index contributed by atoms with van der Waals surface area (Å²) in [6.07, 6.45) is 1.79. The number of benzene rings is 2. The molecular weight excluding hydrogens is 220 g/mol. The summed E-state index contributed by atoms with van der Waals surface area (Å²) in [5, 5.41) is 0. The van der Waals surface area contributed by atoms with E-state index in [9.17, 15) is 0 Å². The van der Waals surface area contributed by atoms with Crippen LogP contribution in [-0.4, -0.2) is 0 Å². The van der Waals surface area contributed by atoms with E-state index < -0.39 is 0 Å². The van der Waals surface area contributed by atoms with Crippen molar-refractivity contribution in [1.29, 1.82) is 0 Å². The normalized spacial score (nSPS) is 12.1. The molecule has 0 spiro atoms. The van der Waals surface area contributed by atoms with Crippen molar-refractivity contribution in [3.05, 3.63) is 83.9 Å². The van der Waals surface area contributed by atoms with Gasteiger partial charge >= 0.3 is 0 Å². The molecule has 0 bridgehead atoms. The maximum absolute atomic E-state index is 5.89. The van der Waals surface area contributed by atoms with Crippen LogP contribution in [0.15, 0.2) is 67.3 Å². The molecule has 1 nitrogen and oxygen atoms in total. The Morgan fingerprint density at radius 2 is 1.72 bits per heavy atom. The first-order valence-corrected chi connectivity index (χ1v) is 6.14. The molecule has 0 fully saturated rings. The number of hydrogen-bond acceptors (Lipinski definition) is 1. The third-order valence-electron chi connectivity index (χ3n) is 2.89. The van der Waals surface area contributed by atoms with E-state index in [-0.39, 0.29) is 6.10 Å². The molecule has 0 saturated carbocycles. The lowest BCUT2D eigenvalue weighted by molar-refractivity contribution is 0.0720. The predicted octanol–water partition coefficient (Wildman–Crippen LogP) is 4.44. The van der Waals surface area contributed by atoms with Crippen molar-refractivity contribution in [2.75, 3.05) is 0 Å². The lowest BCUT2D eigenvalue weighted by Crippen LogP contribution is -2.01. The zero-order valence-electron chi connectivity index (χ0n) is 10.7. The largest absolute Gasteiger partial charge is 0.365 e. The molecule has 2 aromatic rings. The summed E-state index contributed by atoms with van der Waals surface area (Å²) in [6.45, 7) is 6.53. The van der Waals surface area contributed by atoms with Crippen molar-refractivity contribution in [3.63, 3.8) is 0 Å². The highest BCUT2D eigenvalue weighted by Gasteiger charge is 2.06. The number of hydrogen-bond donors (Lipinski definition) is 0. The lowest BCUT2D eigenvalue weighted by Gasteiger charge is -2.14. The van der Waals surface area contributed by atoms with Crippen LogP contribution in [0.25, 0.3) is 0 Å². The first-order chi connectivity index (χ1) is 8.79. The maximum atomic E-state index is 5.89. The molecule has 1 heteroatoms. The minimum Gasteiger partial charge on any atom is -0.365 e. The fourth-order valence-corrected chi connectivity index (χ4v) is 1.81. The van der Waals surface area contributed by atoms with Crippen LogP contribution in [0.4, 0.5) is 0 Å². The Bertz CT molecular complexity index is 485. The van der Waals surface area contributed by atoms with Gasteiger partial charge in [0.25, 0.3) is 0 Å². The summed E-state index contributed by atoms with van der Waals surface area (Å²) in [7, 11) is 0. The van der Waals surface area contributed by atoms with Crippen LogP contribution in [0, 0.1) is 6.92 Å². The van der Waals surface area contributed by atoms with E-state index >= 15 is 0 Å². The highest BCUT2D eigenvalue weighted by atomic mass is 16.5. The molecule has 0 N–H and O–H groups in total. The Morgan fingerprint density at radius 1 is 1.06 bits per heavy atom. The van der Waals surface area contributed by atoms with E-state index in [0.717, 1.165) is 5.56 Å². The Hall–Kier alpha value is -1.86. The summed E-state index contributed by atoms with van der Waals surface area (Å²) < 4.78 is 5.89. The molecule has 0 aliphatic rings. The molecule has 92 valence electrons. The first kappa shape index (κ1) is 12.6. The Balaban J connectivity index is 2.00. The zero-order valence-corrected chi connectivity index (χ0v) is 10.7. The van der Waals surface area contributed by atoms with Gasteiger partial charge in [-0.15, -0.1) is 6.58 Å². The third-order valence-corrected chi connectivity index (χ3v) is 2.89. The van der Waals surface area contributed by atoms with Crippen molar-refractivity contribution in [3.8, 4) is 0 Å². The average Bonchev–Trinajstić information content (AvgIpc) is 2.43. The molecule has 0 aliphatic heterocycles. The zero-order chi connectivity index (χ0) is 12.8. The van der Waals surface area contributed by atoms with Crippen LogP contribution in [0.2, 0.25) is 0 Å². The van der Waals surface area contributed by atoms with Gasteiger partial charge in [-0.05, 0) is 18.1 Å². The molecule has 2 aromatic carbocycles. The van der Waals surface area contributed by atoms with Crippen LogP contribution in [0.5, 0.6) is 0 Å². The monoisotopic (exact) mass is 238 g/mol. The van der Waals surface area contributed by atoms with E-state index in [1.807, 2.05) is 24.3 Å². The smallest absolute Gasteiger partial charge is 0.101 e. The maximum Gasteiger partial charge on any atom is 0.101 e. The second-order valence-electron chi connectivity index (χ2n) is 4.36. The van der Waals surface area contributed by atoms with Gasteiger partial charge in [-0.2, -0.15) is 0 Å². The van der Waals surface area contributed by atoms with Gasteiger partial charge in [0.2, 0.25) is 0 Å². The van der Waals surface area contributed by atoms with Gasteiger partial charge in [-0.25, -0.2) is 0 Å². The van der Waals surface area contributed by atoms with Gasteiger partial charge in [-0.3, -0.25) is 0 Å². The highest BCUT2D eigenvalue weighted by Crippen LogP contribution is 2.19. The quantitative estimate of drug-likeness (QED) is 0.700. The summed E-state index contributed by atoms with van der Waals surface area (Å²) in [4.78, 5) is 0. The Morgan fingerprint density at radius 3 is 2.33 bits per heavy atom. The minimum atomic E-state index is -0.0486. The second kappa shape index (κ2) is 6.18. The van der Waals surface area contributed by atoms with Crippen LogP contribution >= 0.6 is 0 Å². The molecule has 0 radical (unpaired) electrons. The molecule has 1 atom stereocenters. The summed E-state index contributed by atoms with van der Waals surface area (Å²) in [5.41, 5.74) is 3.59. The topological polar surface area (TPSA) is 9.23 Å².